The van der Waals surface area contributed by atoms with Crippen LogP contribution in [0.15, 0.2) is 0 Å². The van der Waals surface area contributed by atoms with E-state index in [2.05, 4.69) is 9.97 Å². The molecule has 0 amide bonds. The highest BCUT2D eigenvalue weighted by Gasteiger charge is 2.15. The highest BCUT2D eigenvalue weighted by molar-refractivity contribution is 6.32. The van der Waals surface area contributed by atoms with Crippen molar-refractivity contribution in [1.29, 1.82) is 0 Å². The molecule has 0 aliphatic heterocycles. The van der Waals surface area contributed by atoms with Crippen molar-refractivity contribution in [3.8, 4) is 0 Å². The highest BCUT2D eigenvalue weighted by Crippen LogP contribution is 2.14. The van der Waals surface area contributed by atoms with E-state index in [-0.39, 0.29) is 10.8 Å². The van der Waals surface area contributed by atoms with Crippen molar-refractivity contribution >= 4 is 17.6 Å². The van der Waals surface area contributed by atoms with Gasteiger partial charge in [-0.3, -0.25) is 0 Å². The van der Waals surface area contributed by atoms with Gasteiger partial charge in [0.25, 0.3) is 0 Å². The maximum Gasteiger partial charge on any atom is 0.357 e. The molecule has 4 nitrogen and oxygen atoms in total. The first kappa shape index (κ1) is 10.1. The molecule has 0 saturated heterocycles. The Labute approximate surface area is 80.9 Å². The molecule has 0 aliphatic rings. The average molecular weight is 203 g/mol. The predicted molar refractivity (Wildman–Crippen MR) is 49.1 cm³/mol. The molecule has 2 N–H and O–H groups in total. The molecule has 1 aromatic heterocycles. The molecule has 5 heteroatoms. The van der Waals surface area contributed by atoms with Crippen LogP contribution in [0.1, 0.15) is 30.2 Å². The van der Waals surface area contributed by atoms with Gasteiger partial charge in [-0.15, -0.1) is 0 Å². The SMILES string of the molecule is CC(C)Cc1nc(C(=O)O)c(Cl)[nH]1. The zero-order valence-electron chi connectivity index (χ0n) is 7.47. The second kappa shape index (κ2) is 3.79. The summed E-state index contributed by atoms with van der Waals surface area (Å²) in [4.78, 5) is 17.1. The summed E-state index contributed by atoms with van der Waals surface area (Å²) in [6.45, 7) is 4.05. The fourth-order valence-electron chi connectivity index (χ4n) is 1.02. The van der Waals surface area contributed by atoms with Gasteiger partial charge in [-0.2, -0.15) is 0 Å². The summed E-state index contributed by atoms with van der Waals surface area (Å²) < 4.78 is 0. The highest BCUT2D eigenvalue weighted by atomic mass is 35.5. The van der Waals surface area contributed by atoms with E-state index in [0.29, 0.717) is 18.2 Å². The lowest BCUT2D eigenvalue weighted by Crippen LogP contribution is -1.99. The maximum absolute atomic E-state index is 10.6. The quantitative estimate of drug-likeness (QED) is 0.788. The predicted octanol–water partition coefficient (Wildman–Crippen LogP) is 1.96. The van der Waals surface area contributed by atoms with Gasteiger partial charge >= 0.3 is 5.97 Å². The number of aromatic amines is 1. The fourth-order valence-corrected chi connectivity index (χ4v) is 1.26. The van der Waals surface area contributed by atoms with Crippen LogP contribution in [0.2, 0.25) is 5.15 Å². The largest absolute Gasteiger partial charge is 0.476 e. The molecule has 0 radical (unpaired) electrons. The van der Waals surface area contributed by atoms with Crippen molar-refractivity contribution in [3.63, 3.8) is 0 Å². The molecule has 0 atom stereocenters. The second-order valence-electron chi connectivity index (χ2n) is 3.25. The number of rotatable bonds is 3. The molecule has 72 valence electrons. The number of carboxylic acids is 1. The molecule has 1 heterocycles. The first-order valence-corrected chi connectivity index (χ1v) is 4.36. The summed E-state index contributed by atoms with van der Waals surface area (Å²) >= 11 is 5.62. The minimum atomic E-state index is -1.10. The monoisotopic (exact) mass is 202 g/mol. The van der Waals surface area contributed by atoms with Crippen LogP contribution < -0.4 is 0 Å². The van der Waals surface area contributed by atoms with Crippen LogP contribution in [-0.2, 0) is 6.42 Å². The number of hydrogen-bond acceptors (Lipinski definition) is 2. The third-order valence-corrected chi connectivity index (χ3v) is 1.79. The van der Waals surface area contributed by atoms with Gasteiger partial charge in [0, 0.05) is 6.42 Å². The maximum atomic E-state index is 10.6. The average Bonchev–Trinajstić information content (AvgIpc) is 2.29. The van der Waals surface area contributed by atoms with E-state index >= 15 is 0 Å². The van der Waals surface area contributed by atoms with Gasteiger partial charge in [0.05, 0.1) is 0 Å². The molecule has 13 heavy (non-hydrogen) atoms. The summed E-state index contributed by atoms with van der Waals surface area (Å²) in [5, 5.41) is 8.75. The normalized spacial score (nSPS) is 10.8. The van der Waals surface area contributed by atoms with Crippen LogP contribution in [0.4, 0.5) is 0 Å². The third kappa shape index (κ3) is 2.45. The van der Waals surface area contributed by atoms with E-state index in [0.717, 1.165) is 0 Å². The lowest BCUT2D eigenvalue weighted by atomic mass is 10.1. The lowest BCUT2D eigenvalue weighted by molar-refractivity contribution is 0.0691. The Morgan fingerprint density at radius 1 is 1.69 bits per heavy atom. The van der Waals surface area contributed by atoms with E-state index in [1.165, 1.54) is 0 Å². The van der Waals surface area contributed by atoms with Crippen LogP contribution in [0, 0.1) is 5.92 Å². The van der Waals surface area contributed by atoms with E-state index < -0.39 is 5.97 Å². The Balaban J connectivity index is 2.89. The summed E-state index contributed by atoms with van der Waals surface area (Å²) in [5.74, 6) is -0.0579. The molecular formula is C8H11ClN2O2. The van der Waals surface area contributed by atoms with E-state index in [4.69, 9.17) is 16.7 Å². The van der Waals surface area contributed by atoms with Gasteiger partial charge in [0.1, 0.15) is 11.0 Å². The van der Waals surface area contributed by atoms with Crippen molar-refractivity contribution < 1.29 is 9.90 Å². The zero-order valence-corrected chi connectivity index (χ0v) is 8.22. The number of carboxylic acid groups (broad SMARTS) is 1. The Morgan fingerprint density at radius 3 is 2.69 bits per heavy atom. The van der Waals surface area contributed by atoms with Gasteiger partial charge < -0.3 is 10.1 Å². The molecule has 0 bridgehead atoms. The number of hydrogen-bond donors (Lipinski definition) is 2. The molecule has 0 aliphatic carbocycles. The van der Waals surface area contributed by atoms with Crippen LogP contribution in [0.3, 0.4) is 0 Å². The molecular weight excluding hydrogens is 192 g/mol. The standard InChI is InChI=1S/C8H11ClN2O2/c1-4(2)3-5-10-6(8(12)13)7(9)11-5/h4H,3H2,1-2H3,(H,10,11)(H,12,13). The Kier molecular flexibility index (Phi) is 2.93. The Bertz CT molecular complexity index is 320. The van der Waals surface area contributed by atoms with Crippen LogP contribution in [0.5, 0.6) is 0 Å². The van der Waals surface area contributed by atoms with Crippen LogP contribution in [-0.4, -0.2) is 21.0 Å². The van der Waals surface area contributed by atoms with Gasteiger partial charge in [-0.25, -0.2) is 9.78 Å². The van der Waals surface area contributed by atoms with Crippen LogP contribution >= 0.6 is 11.6 Å². The summed E-state index contributed by atoms with van der Waals surface area (Å²) in [6, 6.07) is 0. The van der Waals surface area contributed by atoms with E-state index in [9.17, 15) is 4.79 Å². The number of nitrogens with zero attached hydrogens (tertiary/aromatic N) is 1. The van der Waals surface area contributed by atoms with Gasteiger partial charge in [0.2, 0.25) is 0 Å². The van der Waals surface area contributed by atoms with Crippen LogP contribution in [0.25, 0.3) is 0 Å². The third-order valence-electron chi connectivity index (χ3n) is 1.51. The van der Waals surface area contributed by atoms with E-state index in [1.54, 1.807) is 0 Å². The van der Waals surface area contributed by atoms with Crippen molar-refractivity contribution in [2.24, 2.45) is 5.92 Å². The molecule has 1 rings (SSSR count). The number of aromatic carboxylic acids is 1. The van der Waals surface area contributed by atoms with Crippen molar-refractivity contribution in [1.82, 2.24) is 9.97 Å². The number of H-pyrrole nitrogens is 1. The first-order chi connectivity index (χ1) is 6.00. The minimum Gasteiger partial charge on any atom is -0.476 e. The molecule has 0 fully saturated rings. The summed E-state index contributed by atoms with van der Waals surface area (Å²) in [5.41, 5.74) is -0.0997. The number of carbonyl (C=O) groups is 1. The number of nitrogens with one attached hydrogen (secondary N) is 1. The van der Waals surface area contributed by atoms with Crippen molar-refractivity contribution in [2.75, 3.05) is 0 Å². The van der Waals surface area contributed by atoms with Gasteiger partial charge in [0.15, 0.2) is 5.69 Å². The van der Waals surface area contributed by atoms with Gasteiger partial charge in [-0.05, 0) is 5.92 Å². The number of halogens is 1. The molecule has 0 spiro atoms. The van der Waals surface area contributed by atoms with Crippen molar-refractivity contribution in [2.45, 2.75) is 20.3 Å². The Morgan fingerprint density at radius 2 is 2.31 bits per heavy atom. The first-order valence-electron chi connectivity index (χ1n) is 3.98. The molecule has 0 aromatic carbocycles. The summed E-state index contributed by atoms with van der Waals surface area (Å²) in [7, 11) is 0. The number of aromatic nitrogens is 2. The second-order valence-corrected chi connectivity index (χ2v) is 3.63. The van der Waals surface area contributed by atoms with E-state index in [1.807, 2.05) is 13.8 Å². The topological polar surface area (TPSA) is 66.0 Å². The molecule has 0 unspecified atom stereocenters. The fraction of sp³-hybridized carbons (Fsp3) is 0.500. The molecule has 0 saturated carbocycles. The zero-order chi connectivity index (χ0) is 10.0. The van der Waals surface area contributed by atoms with Crippen molar-refractivity contribution in [3.05, 3.63) is 16.7 Å². The minimum absolute atomic E-state index is 0.0997. The smallest absolute Gasteiger partial charge is 0.357 e. The Hall–Kier alpha value is -1.03. The molecule has 1 aromatic rings. The summed E-state index contributed by atoms with van der Waals surface area (Å²) in [6.07, 6.45) is 0.701. The lowest BCUT2D eigenvalue weighted by Gasteiger charge is -1.98. The van der Waals surface area contributed by atoms with Gasteiger partial charge in [-0.1, -0.05) is 25.4 Å². The number of imidazole rings is 1.